The Bertz CT molecular complexity index is 1080. The van der Waals surface area contributed by atoms with Crippen molar-refractivity contribution in [2.45, 2.75) is 6.92 Å². The number of anilines is 1. The number of non-ortho nitro benzene ring substituents is 1. The third-order valence-electron chi connectivity index (χ3n) is 4.09. The maximum Gasteiger partial charge on any atom is 0.270 e. The van der Waals surface area contributed by atoms with Gasteiger partial charge in [0.15, 0.2) is 5.78 Å². The van der Waals surface area contributed by atoms with Gasteiger partial charge in [-0.3, -0.25) is 19.7 Å². The Balaban J connectivity index is 2.20. The first kappa shape index (κ1) is 19.3. The van der Waals surface area contributed by atoms with E-state index in [4.69, 9.17) is 11.6 Å². The molecular weight excluding hydrogens is 380 g/mol. The van der Waals surface area contributed by atoms with Gasteiger partial charge < -0.3 is 5.32 Å². The molecule has 3 aromatic carbocycles. The topological polar surface area (TPSA) is 89.3 Å². The summed E-state index contributed by atoms with van der Waals surface area (Å²) < 4.78 is 0. The molecule has 0 bridgehead atoms. The van der Waals surface area contributed by atoms with Crippen molar-refractivity contribution in [3.63, 3.8) is 0 Å². The molecule has 1 amide bonds. The first-order chi connectivity index (χ1) is 13.4. The Hall–Kier alpha value is -3.51. The van der Waals surface area contributed by atoms with E-state index in [9.17, 15) is 19.7 Å². The van der Waals surface area contributed by atoms with Crippen molar-refractivity contribution in [2.24, 2.45) is 0 Å². The van der Waals surface area contributed by atoms with E-state index in [1.54, 1.807) is 48.5 Å². The largest absolute Gasteiger partial charge is 0.325 e. The zero-order chi connectivity index (χ0) is 20.3. The second-order valence-corrected chi connectivity index (χ2v) is 6.41. The van der Waals surface area contributed by atoms with Crippen molar-refractivity contribution in [1.82, 2.24) is 0 Å². The lowest BCUT2D eigenvalue weighted by atomic mass is 9.93. The van der Waals surface area contributed by atoms with Crippen LogP contribution in [-0.4, -0.2) is 16.6 Å². The molecule has 0 aliphatic carbocycles. The normalized spacial score (nSPS) is 10.4. The van der Waals surface area contributed by atoms with Gasteiger partial charge in [0.05, 0.1) is 15.6 Å². The number of carbonyl (C=O) groups excluding carboxylic acids is 2. The number of hydrogen-bond donors (Lipinski definition) is 1. The van der Waals surface area contributed by atoms with Crippen molar-refractivity contribution < 1.29 is 14.5 Å². The highest BCUT2D eigenvalue weighted by molar-refractivity contribution is 6.36. The van der Waals surface area contributed by atoms with Crippen molar-refractivity contribution in [1.29, 1.82) is 0 Å². The highest BCUT2D eigenvalue weighted by atomic mass is 35.5. The van der Waals surface area contributed by atoms with Crippen LogP contribution >= 0.6 is 11.6 Å². The fraction of sp³-hybridized carbons (Fsp3) is 0.0476. The molecule has 28 heavy (non-hydrogen) atoms. The van der Waals surface area contributed by atoms with Gasteiger partial charge in [0.25, 0.3) is 5.69 Å². The van der Waals surface area contributed by atoms with Crippen LogP contribution in [0.2, 0.25) is 5.02 Å². The Kier molecular flexibility index (Phi) is 5.52. The van der Waals surface area contributed by atoms with Gasteiger partial charge in [0.2, 0.25) is 5.91 Å². The van der Waals surface area contributed by atoms with E-state index in [1.165, 1.54) is 25.1 Å². The number of carbonyl (C=O) groups is 2. The summed E-state index contributed by atoms with van der Waals surface area (Å²) in [6.45, 7) is 1.36. The highest BCUT2D eigenvalue weighted by Crippen LogP contribution is 2.37. The first-order valence-electron chi connectivity index (χ1n) is 8.33. The summed E-state index contributed by atoms with van der Waals surface area (Å²) in [6.07, 6.45) is 0. The van der Waals surface area contributed by atoms with Crippen LogP contribution in [-0.2, 0) is 4.79 Å². The van der Waals surface area contributed by atoms with Crippen LogP contribution in [0.15, 0.2) is 66.7 Å². The molecule has 3 rings (SSSR count). The number of nitrogens with zero attached hydrogens (tertiary/aromatic N) is 1. The van der Waals surface area contributed by atoms with Gasteiger partial charge in [-0.1, -0.05) is 54.1 Å². The number of benzene rings is 3. The van der Waals surface area contributed by atoms with Gasteiger partial charge in [0, 0.05) is 35.7 Å². The van der Waals surface area contributed by atoms with Crippen molar-refractivity contribution in [2.75, 3.05) is 5.32 Å². The van der Waals surface area contributed by atoms with Crippen LogP contribution in [0.25, 0.3) is 11.1 Å². The Morgan fingerprint density at radius 2 is 1.68 bits per heavy atom. The number of amides is 1. The van der Waals surface area contributed by atoms with Crippen LogP contribution < -0.4 is 5.32 Å². The van der Waals surface area contributed by atoms with Gasteiger partial charge >= 0.3 is 0 Å². The number of halogens is 1. The Morgan fingerprint density at radius 3 is 2.32 bits per heavy atom. The van der Waals surface area contributed by atoms with E-state index in [0.29, 0.717) is 22.4 Å². The average Bonchev–Trinajstić information content (AvgIpc) is 2.69. The molecule has 0 unspecified atom stereocenters. The number of ketones is 1. The Labute approximate surface area is 165 Å². The van der Waals surface area contributed by atoms with E-state index < -0.39 is 4.92 Å². The lowest BCUT2D eigenvalue weighted by Crippen LogP contribution is -2.07. The van der Waals surface area contributed by atoms with Gasteiger partial charge in [-0.15, -0.1) is 0 Å². The predicted molar refractivity (Wildman–Crippen MR) is 108 cm³/mol. The molecule has 3 aromatic rings. The molecule has 0 aromatic heterocycles. The molecule has 0 radical (unpaired) electrons. The van der Waals surface area contributed by atoms with E-state index in [-0.39, 0.29) is 28.0 Å². The zero-order valence-corrected chi connectivity index (χ0v) is 15.6. The molecule has 0 aliphatic rings. The van der Waals surface area contributed by atoms with Gasteiger partial charge in [0.1, 0.15) is 0 Å². The molecule has 0 atom stereocenters. The summed E-state index contributed by atoms with van der Waals surface area (Å²) in [5, 5.41) is 14.1. The lowest BCUT2D eigenvalue weighted by Gasteiger charge is -2.13. The molecule has 7 heteroatoms. The summed E-state index contributed by atoms with van der Waals surface area (Å²) >= 11 is 6.45. The average molecular weight is 395 g/mol. The first-order valence-corrected chi connectivity index (χ1v) is 8.71. The minimum absolute atomic E-state index is 0.155. The van der Waals surface area contributed by atoms with Gasteiger partial charge in [-0.2, -0.15) is 0 Å². The monoisotopic (exact) mass is 394 g/mol. The van der Waals surface area contributed by atoms with E-state index in [0.717, 1.165) is 0 Å². The van der Waals surface area contributed by atoms with Crippen molar-refractivity contribution in [3.05, 3.63) is 93.0 Å². The smallest absolute Gasteiger partial charge is 0.270 e. The minimum atomic E-state index is -0.555. The van der Waals surface area contributed by atoms with E-state index in [1.807, 2.05) is 0 Å². The van der Waals surface area contributed by atoms with Crippen LogP contribution in [0.5, 0.6) is 0 Å². The quantitative estimate of drug-likeness (QED) is 0.370. The third kappa shape index (κ3) is 3.92. The summed E-state index contributed by atoms with van der Waals surface area (Å²) in [5.41, 5.74) is 1.68. The molecule has 0 saturated carbocycles. The molecular formula is C21H15ClN2O4. The summed E-state index contributed by atoms with van der Waals surface area (Å²) in [4.78, 5) is 35.1. The molecule has 140 valence electrons. The third-order valence-corrected chi connectivity index (χ3v) is 4.50. The molecule has 0 spiro atoms. The molecule has 0 aliphatic heterocycles. The van der Waals surface area contributed by atoms with Crippen LogP contribution in [0.1, 0.15) is 22.8 Å². The van der Waals surface area contributed by atoms with Gasteiger partial charge in [-0.25, -0.2) is 0 Å². The molecule has 1 N–H and O–H groups in total. The minimum Gasteiger partial charge on any atom is -0.325 e. The number of nitro benzene ring substituents is 1. The van der Waals surface area contributed by atoms with E-state index in [2.05, 4.69) is 5.32 Å². The predicted octanol–water partition coefficient (Wildman–Crippen LogP) is 5.10. The van der Waals surface area contributed by atoms with Crippen LogP contribution in [0.4, 0.5) is 11.4 Å². The number of nitro groups is 1. The zero-order valence-electron chi connectivity index (χ0n) is 14.8. The molecule has 6 nitrogen and oxygen atoms in total. The summed E-state index contributed by atoms with van der Waals surface area (Å²) in [6, 6.07) is 17.6. The number of rotatable bonds is 5. The standard InChI is InChI=1S/C21H15ClN2O4/c1-13(25)23-19-9-5-8-17(20(19)22)16-11-10-15(24(27)28)12-18(16)21(26)14-6-3-2-4-7-14/h2-12H,1H3,(H,23,25). The molecule has 0 fully saturated rings. The van der Waals surface area contributed by atoms with Crippen molar-refractivity contribution >= 4 is 34.7 Å². The SMILES string of the molecule is CC(=O)Nc1cccc(-c2ccc([N+](=O)[O-])cc2C(=O)c2ccccc2)c1Cl. The van der Waals surface area contributed by atoms with Crippen LogP contribution in [0, 0.1) is 10.1 Å². The Morgan fingerprint density at radius 1 is 0.964 bits per heavy atom. The van der Waals surface area contributed by atoms with Crippen LogP contribution in [0.3, 0.4) is 0 Å². The fourth-order valence-electron chi connectivity index (χ4n) is 2.84. The second kappa shape index (κ2) is 8.02. The molecule has 0 heterocycles. The maximum atomic E-state index is 13.1. The summed E-state index contributed by atoms with van der Waals surface area (Å²) in [7, 11) is 0. The maximum absolute atomic E-state index is 13.1. The summed E-state index contributed by atoms with van der Waals surface area (Å²) in [5.74, 6) is -0.649. The van der Waals surface area contributed by atoms with Crippen molar-refractivity contribution in [3.8, 4) is 11.1 Å². The highest BCUT2D eigenvalue weighted by Gasteiger charge is 2.21. The lowest BCUT2D eigenvalue weighted by molar-refractivity contribution is -0.384. The van der Waals surface area contributed by atoms with Gasteiger partial charge in [-0.05, 0) is 17.7 Å². The second-order valence-electron chi connectivity index (χ2n) is 6.03. The van der Waals surface area contributed by atoms with E-state index >= 15 is 0 Å². The number of nitrogens with one attached hydrogen (secondary N) is 1. The molecule has 0 saturated heterocycles. The number of hydrogen-bond acceptors (Lipinski definition) is 4. The fourth-order valence-corrected chi connectivity index (χ4v) is 3.11.